The monoisotopic (exact) mass is 444 g/mol. The summed E-state index contributed by atoms with van der Waals surface area (Å²) in [6.45, 7) is 3.52. The zero-order valence-corrected chi connectivity index (χ0v) is 20.2. The molecule has 2 aromatic rings. The van der Waals surface area contributed by atoms with Gasteiger partial charge in [-0.25, -0.2) is 0 Å². The van der Waals surface area contributed by atoms with E-state index in [1.807, 2.05) is 0 Å². The van der Waals surface area contributed by atoms with E-state index in [1.165, 1.54) is 16.7 Å². The highest BCUT2D eigenvalue weighted by Crippen LogP contribution is 2.56. The lowest BCUT2D eigenvalue weighted by atomic mass is 9.74. The van der Waals surface area contributed by atoms with Crippen LogP contribution >= 0.6 is 0 Å². The molecule has 32 heavy (non-hydrogen) atoms. The highest BCUT2D eigenvalue weighted by atomic mass is 16.7. The maximum absolute atomic E-state index is 6.05. The lowest BCUT2D eigenvalue weighted by molar-refractivity contribution is -0.923. The summed E-state index contributed by atoms with van der Waals surface area (Å²) in [4.78, 5) is 0. The lowest BCUT2D eigenvalue weighted by Crippen LogP contribution is -2.50. The molecule has 0 unspecified atom stereocenters. The molecule has 1 aliphatic heterocycles. The first-order valence-corrected chi connectivity index (χ1v) is 10.9. The van der Waals surface area contributed by atoms with Crippen LogP contribution in [0.5, 0.6) is 23.0 Å². The number of likely N-dealkylation sites (N-methyl/N-ethyl adjacent to an activating group) is 1. The van der Waals surface area contributed by atoms with Crippen LogP contribution in [0.25, 0.3) is 11.1 Å². The second-order valence-corrected chi connectivity index (χ2v) is 8.99. The molecule has 0 bridgehead atoms. The minimum absolute atomic E-state index is 0.165. The minimum atomic E-state index is 0.165. The molecule has 0 saturated carbocycles. The zero-order chi connectivity index (χ0) is 23.0. The van der Waals surface area contributed by atoms with Gasteiger partial charge in [0.2, 0.25) is 0 Å². The van der Waals surface area contributed by atoms with Crippen LogP contribution in [-0.2, 0) is 22.3 Å². The molecular weight excluding hydrogens is 410 g/mol. The minimum Gasteiger partial charge on any atom is -0.493 e. The molecule has 0 N–H and O–H groups in total. The Morgan fingerprint density at radius 1 is 0.906 bits per heavy atom. The molecule has 1 aliphatic carbocycles. The predicted molar refractivity (Wildman–Crippen MR) is 122 cm³/mol. The Bertz CT molecular complexity index is 1020. The van der Waals surface area contributed by atoms with Gasteiger partial charge in [-0.15, -0.1) is 0 Å². The number of benzene rings is 2. The SMILES string of the molecule is COCOc1cc2c(cc1OC)-c1c(OC)c(OCOC)c(C)c3c1[C@H](C2)[N+](C)(C)CC3. The average molecular weight is 445 g/mol. The Hall–Kier alpha value is -2.48. The highest BCUT2D eigenvalue weighted by Gasteiger charge is 2.44. The summed E-state index contributed by atoms with van der Waals surface area (Å²) in [6.07, 6.45) is 1.91. The van der Waals surface area contributed by atoms with Crippen molar-refractivity contribution in [2.75, 3.05) is 62.7 Å². The standard InChI is InChI=1S/C25H34NO6/c1-15-17-8-9-26(2,3)19-10-16-11-21(31-13-27-4)20(29-6)12-18(16)23(22(17)19)25(30-7)24(15)32-14-28-5/h11-12,19H,8-10,13-14H2,1-7H3/q+1/t19-/m0/s1. The number of fused-ring (bicyclic) bond motifs is 2. The topological polar surface area (TPSA) is 55.4 Å². The Labute approximate surface area is 190 Å². The molecule has 0 saturated heterocycles. The molecule has 0 spiro atoms. The maximum Gasteiger partial charge on any atom is 0.188 e. The molecule has 1 atom stereocenters. The zero-order valence-electron chi connectivity index (χ0n) is 20.2. The van der Waals surface area contributed by atoms with Gasteiger partial charge in [-0.3, -0.25) is 0 Å². The fourth-order valence-electron chi connectivity index (χ4n) is 5.20. The van der Waals surface area contributed by atoms with E-state index in [4.69, 9.17) is 28.4 Å². The van der Waals surface area contributed by atoms with Crippen LogP contribution in [0.2, 0.25) is 0 Å². The molecule has 7 nitrogen and oxygen atoms in total. The normalized spacial score (nSPS) is 17.9. The predicted octanol–water partition coefficient (Wildman–Crippen LogP) is 3.87. The number of methoxy groups -OCH3 is 4. The molecule has 0 amide bonds. The van der Waals surface area contributed by atoms with E-state index in [9.17, 15) is 0 Å². The number of ether oxygens (including phenoxy) is 6. The fourth-order valence-corrected chi connectivity index (χ4v) is 5.20. The van der Waals surface area contributed by atoms with E-state index in [0.717, 1.165) is 52.1 Å². The number of hydrogen-bond acceptors (Lipinski definition) is 6. The van der Waals surface area contributed by atoms with Crippen molar-refractivity contribution >= 4 is 0 Å². The van der Waals surface area contributed by atoms with Crippen molar-refractivity contribution in [1.29, 1.82) is 0 Å². The van der Waals surface area contributed by atoms with Gasteiger partial charge in [0.25, 0.3) is 0 Å². The van der Waals surface area contributed by atoms with E-state index in [1.54, 1.807) is 28.4 Å². The summed E-state index contributed by atoms with van der Waals surface area (Å²) < 4.78 is 34.8. The summed E-state index contributed by atoms with van der Waals surface area (Å²) >= 11 is 0. The summed E-state index contributed by atoms with van der Waals surface area (Å²) in [7, 11) is 11.2. The van der Waals surface area contributed by atoms with Crippen LogP contribution < -0.4 is 18.9 Å². The molecule has 4 rings (SSSR count). The van der Waals surface area contributed by atoms with E-state index < -0.39 is 0 Å². The lowest BCUT2D eigenvalue weighted by Gasteiger charge is -2.46. The number of quaternary nitrogens is 1. The van der Waals surface area contributed by atoms with E-state index in [0.29, 0.717) is 17.5 Å². The Morgan fingerprint density at radius 3 is 2.28 bits per heavy atom. The number of nitrogens with zero attached hydrogens (tertiary/aromatic N) is 1. The van der Waals surface area contributed by atoms with Gasteiger partial charge < -0.3 is 32.9 Å². The van der Waals surface area contributed by atoms with Crippen LogP contribution in [0.1, 0.15) is 28.3 Å². The van der Waals surface area contributed by atoms with Gasteiger partial charge in [0.15, 0.2) is 36.6 Å². The van der Waals surface area contributed by atoms with Crippen molar-refractivity contribution in [2.24, 2.45) is 0 Å². The molecule has 7 heteroatoms. The number of rotatable bonds is 8. The Kier molecular flexibility index (Phi) is 6.25. The summed E-state index contributed by atoms with van der Waals surface area (Å²) in [5, 5.41) is 0. The largest absolute Gasteiger partial charge is 0.493 e. The van der Waals surface area contributed by atoms with Crippen LogP contribution in [0.4, 0.5) is 0 Å². The third kappa shape index (κ3) is 3.58. The smallest absolute Gasteiger partial charge is 0.188 e. The van der Waals surface area contributed by atoms with Crippen molar-refractivity contribution in [3.8, 4) is 34.1 Å². The van der Waals surface area contributed by atoms with Crippen LogP contribution in [0, 0.1) is 6.92 Å². The van der Waals surface area contributed by atoms with Gasteiger partial charge in [0, 0.05) is 38.2 Å². The summed E-state index contributed by atoms with van der Waals surface area (Å²) in [6, 6.07) is 4.45. The Morgan fingerprint density at radius 2 is 1.62 bits per heavy atom. The van der Waals surface area contributed by atoms with Gasteiger partial charge >= 0.3 is 0 Å². The molecule has 2 aliphatic rings. The molecule has 0 aromatic heterocycles. The maximum atomic E-state index is 6.05. The van der Waals surface area contributed by atoms with Crippen LogP contribution in [0.3, 0.4) is 0 Å². The van der Waals surface area contributed by atoms with Gasteiger partial charge in [0.1, 0.15) is 6.04 Å². The second-order valence-electron chi connectivity index (χ2n) is 8.99. The summed E-state index contributed by atoms with van der Waals surface area (Å²) in [5.74, 6) is 2.85. The van der Waals surface area contributed by atoms with E-state index >= 15 is 0 Å². The summed E-state index contributed by atoms with van der Waals surface area (Å²) in [5.41, 5.74) is 7.25. The molecular formula is C25H34NO6+. The molecule has 0 radical (unpaired) electrons. The van der Waals surface area contributed by atoms with Crippen molar-refractivity contribution < 1.29 is 32.9 Å². The quantitative estimate of drug-likeness (QED) is 0.455. The van der Waals surface area contributed by atoms with E-state index in [-0.39, 0.29) is 13.6 Å². The van der Waals surface area contributed by atoms with Gasteiger partial charge in [-0.1, -0.05) is 0 Å². The fraction of sp³-hybridized carbons (Fsp3) is 0.520. The van der Waals surface area contributed by atoms with Crippen LogP contribution in [0.15, 0.2) is 12.1 Å². The highest BCUT2D eigenvalue weighted by molar-refractivity contribution is 5.86. The first kappa shape index (κ1) is 22.7. The third-order valence-electron chi connectivity index (χ3n) is 6.87. The van der Waals surface area contributed by atoms with Gasteiger partial charge in [-0.2, -0.15) is 0 Å². The molecule has 1 heterocycles. The Balaban J connectivity index is 2.02. The third-order valence-corrected chi connectivity index (χ3v) is 6.87. The molecule has 0 fully saturated rings. The van der Waals surface area contributed by atoms with Crippen LogP contribution in [-0.4, -0.2) is 67.1 Å². The van der Waals surface area contributed by atoms with Gasteiger partial charge in [-0.05, 0) is 41.3 Å². The number of hydrogen-bond donors (Lipinski definition) is 0. The molecule has 174 valence electrons. The van der Waals surface area contributed by atoms with Gasteiger partial charge in [0.05, 0.1) is 34.9 Å². The average Bonchev–Trinajstić information content (AvgIpc) is 2.78. The first-order chi connectivity index (χ1) is 15.4. The second kappa shape index (κ2) is 8.81. The van der Waals surface area contributed by atoms with Crippen molar-refractivity contribution in [3.05, 3.63) is 34.4 Å². The van der Waals surface area contributed by atoms with Crippen molar-refractivity contribution in [1.82, 2.24) is 0 Å². The van der Waals surface area contributed by atoms with Crippen molar-refractivity contribution in [3.63, 3.8) is 0 Å². The first-order valence-electron chi connectivity index (χ1n) is 10.9. The molecule has 2 aromatic carbocycles. The van der Waals surface area contributed by atoms with Crippen molar-refractivity contribution in [2.45, 2.75) is 25.8 Å². The van der Waals surface area contributed by atoms with E-state index in [2.05, 4.69) is 33.2 Å².